The summed E-state index contributed by atoms with van der Waals surface area (Å²) in [6.07, 6.45) is 3.67. The molecule has 0 aromatic heterocycles. The second-order valence-corrected chi connectivity index (χ2v) is 12.3. The lowest BCUT2D eigenvalue weighted by atomic mass is 9.92. The molecule has 188 valence electrons. The molecule has 3 rings (SSSR count). The molecule has 0 aliphatic carbocycles. The predicted octanol–water partition coefficient (Wildman–Crippen LogP) is 1.20. The van der Waals surface area contributed by atoms with Crippen LogP contribution in [0.5, 0.6) is 0 Å². The highest BCUT2D eigenvalue weighted by Gasteiger charge is 2.38. The van der Waals surface area contributed by atoms with Crippen molar-refractivity contribution in [2.24, 2.45) is 11.5 Å². The molecule has 0 bridgehead atoms. The number of carbonyl (C=O) groups is 3. The number of nitrogens with one attached hydrogen (secondary N) is 1. The van der Waals surface area contributed by atoms with E-state index in [4.69, 9.17) is 16.2 Å². The average Bonchev–Trinajstić information content (AvgIpc) is 3.28. The third-order valence-electron chi connectivity index (χ3n) is 6.02. The predicted molar refractivity (Wildman–Crippen MR) is 141 cm³/mol. The monoisotopic (exact) mass is 526 g/mol. The SMILES string of the molecule is COC(=O)[C@H](CCSC)NC(=O)[C@@H]1Cc2ccccc2CN1C(=O)[C@@H](N)CSC1CC(N)CS1. The summed E-state index contributed by atoms with van der Waals surface area (Å²) in [6.45, 7) is 0.308. The van der Waals surface area contributed by atoms with Crippen molar-refractivity contribution in [3.05, 3.63) is 35.4 Å². The maximum atomic E-state index is 13.4. The number of carbonyl (C=O) groups excluding carboxylic acids is 3. The van der Waals surface area contributed by atoms with E-state index in [0.29, 0.717) is 35.5 Å². The summed E-state index contributed by atoms with van der Waals surface area (Å²) in [5.74, 6) is 0.973. The van der Waals surface area contributed by atoms with Gasteiger partial charge in [0, 0.05) is 30.5 Å². The van der Waals surface area contributed by atoms with E-state index in [1.165, 1.54) is 7.11 Å². The van der Waals surface area contributed by atoms with Gasteiger partial charge in [0.05, 0.1) is 17.7 Å². The van der Waals surface area contributed by atoms with Crippen LogP contribution >= 0.6 is 35.3 Å². The normalized spacial score (nSPS) is 23.6. The van der Waals surface area contributed by atoms with E-state index < -0.39 is 24.1 Å². The minimum Gasteiger partial charge on any atom is -0.467 e. The second-order valence-electron chi connectivity index (χ2n) is 8.52. The standard InChI is InChI=1S/C23H34N4O4S3/c1-31-23(30)18(7-8-32-2)26-21(28)19-9-14-5-3-4-6-15(14)11-27(19)22(29)17(25)13-34-20-10-16(24)12-33-20/h3-6,16-20H,7-13,24-25H2,1-2H3,(H,26,28)/t16?,17-,18-,19-,20?/m0/s1. The van der Waals surface area contributed by atoms with Crippen LogP contribution in [0.15, 0.2) is 24.3 Å². The molecule has 8 nitrogen and oxygen atoms in total. The van der Waals surface area contributed by atoms with Gasteiger partial charge in [-0.1, -0.05) is 24.3 Å². The summed E-state index contributed by atoms with van der Waals surface area (Å²) < 4.78 is 5.22. The van der Waals surface area contributed by atoms with Gasteiger partial charge in [-0.25, -0.2) is 4.79 Å². The van der Waals surface area contributed by atoms with E-state index in [2.05, 4.69) is 5.32 Å². The van der Waals surface area contributed by atoms with Crippen molar-refractivity contribution in [2.45, 2.75) is 54.6 Å². The first kappa shape index (κ1) is 27.2. The Morgan fingerprint density at radius 3 is 2.68 bits per heavy atom. The van der Waals surface area contributed by atoms with E-state index in [0.717, 1.165) is 23.3 Å². The first-order valence-electron chi connectivity index (χ1n) is 11.3. The Morgan fingerprint density at radius 2 is 2.03 bits per heavy atom. The molecule has 0 radical (unpaired) electrons. The number of benzene rings is 1. The fourth-order valence-corrected chi connectivity index (χ4v) is 7.37. The van der Waals surface area contributed by atoms with Gasteiger partial charge in [0.1, 0.15) is 12.1 Å². The van der Waals surface area contributed by atoms with Crippen molar-refractivity contribution < 1.29 is 19.1 Å². The maximum Gasteiger partial charge on any atom is 0.328 e. The van der Waals surface area contributed by atoms with Gasteiger partial charge in [-0.3, -0.25) is 9.59 Å². The summed E-state index contributed by atoms with van der Waals surface area (Å²) in [6, 6.07) is 5.75. The number of esters is 1. The van der Waals surface area contributed by atoms with Crippen LogP contribution < -0.4 is 16.8 Å². The zero-order valence-corrected chi connectivity index (χ0v) is 22.1. The number of fused-ring (bicyclic) bond motifs is 1. The molecule has 5 atom stereocenters. The van der Waals surface area contributed by atoms with Crippen molar-refractivity contribution >= 4 is 53.1 Å². The van der Waals surface area contributed by atoms with Gasteiger partial charge in [0.25, 0.3) is 0 Å². The third kappa shape index (κ3) is 7.07. The molecule has 1 fully saturated rings. The zero-order valence-electron chi connectivity index (χ0n) is 19.6. The number of hydrogen-bond donors (Lipinski definition) is 3. The van der Waals surface area contributed by atoms with Crippen molar-refractivity contribution in [1.29, 1.82) is 0 Å². The average molecular weight is 527 g/mol. The fourth-order valence-electron chi connectivity index (χ4n) is 4.11. The first-order valence-corrected chi connectivity index (χ1v) is 14.8. The molecule has 1 aromatic rings. The fraction of sp³-hybridized carbons (Fsp3) is 0.609. The number of ether oxygens (including phenoxy) is 1. The highest BCUT2D eigenvalue weighted by atomic mass is 32.2. The Hall–Kier alpha value is -1.40. The molecule has 11 heteroatoms. The van der Waals surface area contributed by atoms with Crippen LogP contribution in [0.3, 0.4) is 0 Å². The van der Waals surface area contributed by atoms with Crippen LogP contribution in [-0.2, 0) is 32.1 Å². The number of nitrogens with zero attached hydrogens (tertiary/aromatic N) is 1. The molecule has 0 saturated carbocycles. The summed E-state index contributed by atoms with van der Waals surface area (Å²) in [4.78, 5) is 40.6. The van der Waals surface area contributed by atoms with Gasteiger partial charge in [0.2, 0.25) is 11.8 Å². The summed E-state index contributed by atoms with van der Waals surface area (Å²) in [7, 11) is 1.31. The Bertz CT molecular complexity index is 874. The van der Waals surface area contributed by atoms with Crippen molar-refractivity contribution in [2.75, 3.05) is 30.6 Å². The van der Waals surface area contributed by atoms with Crippen LogP contribution in [0.25, 0.3) is 0 Å². The Kier molecular flexibility index (Phi) is 10.4. The smallest absolute Gasteiger partial charge is 0.328 e. The molecular weight excluding hydrogens is 492 g/mol. The second kappa shape index (κ2) is 13.1. The van der Waals surface area contributed by atoms with Crippen LogP contribution in [0.1, 0.15) is 24.0 Å². The molecule has 5 N–H and O–H groups in total. The van der Waals surface area contributed by atoms with E-state index >= 15 is 0 Å². The van der Waals surface area contributed by atoms with E-state index in [1.807, 2.05) is 30.5 Å². The Morgan fingerprint density at radius 1 is 1.29 bits per heavy atom. The van der Waals surface area contributed by atoms with Gasteiger partial charge >= 0.3 is 5.97 Å². The lowest BCUT2D eigenvalue weighted by Gasteiger charge is -2.38. The largest absolute Gasteiger partial charge is 0.467 e. The van der Waals surface area contributed by atoms with Crippen molar-refractivity contribution in [3.8, 4) is 0 Å². The summed E-state index contributed by atoms with van der Waals surface area (Å²) in [5, 5.41) is 2.82. The molecule has 34 heavy (non-hydrogen) atoms. The number of methoxy groups -OCH3 is 1. The lowest BCUT2D eigenvalue weighted by Crippen LogP contribution is -2.58. The maximum absolute atomic E-state index is 13.4. The summed E-state index contributed by atoms with van der Waals surface area (Å²) in [5.41, 5.74) is 14.3. The molecular formula is C23H34N4O4S3. The van der Waals surface area contributed by atoms with Gasteiger partial charge in [-0.2, -0.15) is 11.8 Å². The number of nitrogens with two attached hydrogens (primary N) is 2. The van der Waals surface area contributed by atoms with Crippen molar-refractivity contribution in [3.63, 3.8) is 0 Å². The zero-order chi connectivity index (χ0) is 24.7. The van der Waals surface area contributed by atoms with Gasteiger partial charge < -0.3 is 26.4 Å². The molecule has 1 saturated heterocycles. The van der Waals surface area contributed by atoms with E-state index in [-0.39, 0.29) is 17.9 Å². The number of rotatable bonds is 10. The number of hydrogen-bond acceptors (Lipinski definition) is 9. The number of thioether (sulfide) groups is 3. The first-order chi connectivity index (χ1) is 16.3. The van der Waals surface area contributed by atoms with E-state index in [1.54, 1.807) is 40.2 Å². The topological polar surface area (TPSA) is 128 Å². The number of amides is 2. The molecule has 2 amide bonds. The van der Waals surface area contributed by atoms with E-state index in [9.17, 15) is 14.4 Å². The molecule has 2 heterocycles. The highest BCUT2D eigenvalue weighted by molar-refractivity contribution is 8.17. The molecule has 1 aromatic carbocycles. The van der Waals surface area contributed by atoms with Crippen LogP contribution in [0.4, 0.5) is 0 Å². The van der Waals surface area contributed by atoms with Gasteiger partial charge in [0.15, 0.2) is 0 Å². The lowest BCUT2D eigenvalue weighted by molar-refractivity contribution is -0.147. The van der Waals surface area contributed by atoms with Gasteiger partial charge in [-0.05, 0) is 36.0 Å². The minimum absolute atomic E-state index is 0.190. The van der Waals surface area contributed by atoms with Crippen LogP contribution in [0, 0.1) is 0 Å². The molecule has 2 unspecified atom stereocenters. The molecule has 2 aliphatic rings. The quantitative estimate of drug-likeness (QED) is 0.385. The van der Waals surface area contributed by atoms with Gasteiger partial charge in [-0.15, -0.1) is 23.5 Å². The Balaban J connectivity index is 1.73. The summed E-state index contributed by atoms with van der Waals surface area (Å²) >= 11 is 5.04. The molecule has 0 spiro atoms. The Labute approximate surface area is 214 Å². The third-order valence-corrected chi connectivity index (χ3v) is 9.78. The van der Waals surface area contributed by atoms with Crippen LogP contribution in [-0.4, -0.2) is 82.1 Å². The van der Waals surface area contributed by atoms with Crippen molar-refractivity contribution in [1.82, 2.24) is 10.2 Å². The highest BCUT2D eigenvalue weighted by Crippen LogP contribution is 2.35. The molecule has 2 aliphatic heterocycles. The van der Waals surface area contributed by atoms with Crippen LogP contribution in [0.2, 0.25) is 0 Å². The minimum atomic E-state index is -0.757.